The van der Waals surface area contributed by atoms with Crippen LogP contribution in [0.15, 0.2) is 34.9 Å². The van der Waals surface area contributed by atoms with Gasteiger partial charge in [-0.05, 0) is 45.3 Å². The molecule has 0 atom stereocenters. The molecule has 114 valence electrons. The third kappa shape index (κ3) is 2.90. The fourth-order valence-corrected chi connectivity index (χ4v) is 2.84. The fourth-order valence-electron chi connectivity index (χ4n) is 2.31. The van der Waals surface area contributed by atoms with Gasteiger partial charge in [-0.25, -0.2) is 0 Å². The van der Waals surface area contributed by atoms with Crippen molar-refractivity contribution >= 4 is 27.7 Å². The van der Waals surface area contributed by atoms with Gasteiger partial charge in [-0.15, -0.1) is 0 Å². The maximum absolute atomic E-state index is 12.1. The van der Waals surface area contributed by atoms with Crippen LogP contribution in [0.25, 0.3) is 0 Å². The number of ether oxygens (including phenoxy) is 1. The van der Waals surface area contributed by atoms with Crippen LogP contribution in [0, 0.1) is 0 Å². The number of aromatic nitrogens is 1. The molecule has 0 aliphatic carbocycles. The molecule has 0 fully saturated rings. The number of fused-ring (bicyclic) bond motifs is 1. The Hall–Kier alpha value is -2.12. The molecule has 2 heterocycles. The van der Waals surface area contributed by atoms with Crippen molar-refractivity contribution in [3.05, 3.63) is 57.3 Å². The number of nitrogens with zero attached hydrogens (tertiary/aromatic N) is 1. The van der Waals surface area contributed by atoms with E-state index in [-0.39, 0.29) is 11.8 Å². The molecule has 0 saturated heterocycles. The number of carbonyl (C=O) groups is 2. The molecule has 0 bridgehead atoms. The van der Waals surface area contributed by atoms with Gasteiger partial charge in [-0.3, -0.25) is 20.4 Å². The molecule has 1 aliphatic rings. The number of halogens is 1. The summed E-state index contributed by atoms with van der Waals surface area (Å²) in [6.45, 7) is 1.09. The van der Waals surface area contributed by atoms with Crippen molar-refractivity contribution in [1.82, 2.24) is 15.4 Å². The Morgan fingerprint density at radius 3 is 2.59 bits per heavy atom. The van der Waals surface area contributed by atoms with E-state index in [1.165, 1.54) is 0 Å². The molecular formula is C15H14BrN3O3. The third-order valence-corrected chi connectivity index (χ3v) is 3.91. The molecule has 0 unspecified atom stereocenters. The molecule has 1 aliphatic heterocycles. The maximum Gasteiger partial charge on any atom is 0.286 e. The van der Waals surface area contributed by atoms with Crippen LogP contribution >= 0.6 is 15.9 Å². The zero-order valence-electron chi connectivity index (χ0n) is 11.9. The second kappa shape index (κ2) is 5.94. The summed E-state index contributed by atoms with van der Waals surface area (Å²) in [7, 11) is 1.75. The number of hydrogen-bond acceptors (Lipinski definition) is 3. The maximum atomic E-state index is 12.1. The van der Waals surface area contributed by atoms with E-state index < -0.39 is 0 Å². The topological polar surface area (TPSA) is 72.4 Å². The van der Waals surface area contributed by atoms with E-state index >= 15 is 0 Å². The highest BCUT2D eigenvalue weighted by Crippen LogP contribution is 2.20. The van der Waals surface area contributed by atoms with Gasteiger partial charge in [0.25, 0.3) is 11.8 Å². The molecule has 3 rings (SSSR count). The average molecular weight is 364 g/mol. The predicted molar refractivity (Wildman–Crippen MR) is 83.0 cm³/mol. The van der Waals surface area contributed by atoms with Crippen LogP contribution in [-0.4, -0.2) is 16.4 Å². The number of hydrazine groups is 1. The van der Waals surface area contributed by atoms with Crippen LogP contribution < -0.4 is 10.9 Å². The van der Waals surface area contributed by atoms with Crippen LogP contribution in [0.3, 0.4) is 0 Å². The Bertz CT molecular complexity index is 754. The lowest BCUT2D eigenvalue weighted by Crippen LogP contribution is -2.42. The lowest BCUT2D eigenvalue weighted by atomic mass is 10.1. The zero-order chi connectivity index (χ0) is 15.7. The summed E-state index contributed by atoms with van der Waals surface area (Å²) in [4.78, 5) is 24.1. The predicted octanol–water partition coefficient (Wildman–Crippen LogP) is 1.89. The largest absolute Gasteiger partial charge is 0.372 e. The van der Waals surface area contributed by atoms with Gasteiger partial charge in [0, 0.05) is 23.3 Å². The highest BCUT2D eigenvalue weighted by molar-refractivity contribution is 9.10. The van der Waals surface area contributed by atoms with Crippen molar-refractivity contribution in [2.24, 2.45) is 7.05 Å². The van der Waals surface area contributed by atoms with Gasteiger partial charge in [0.2, 0.25) is 0 Å². The van der Waals surface area contributed by atoms with E-state index in [4.69, 9.17) is 4.74 Å². The highest BCUT2D eigenvalue weighted by Gasteiger charge is 2.16. The molecule has 22 heavy (non-hydrogen) atoms. The van der Waals surface area contributed by atoms with Crippen molar-refractivity contribution < 1.29 is 14.3 Å². The van der Waals surface area contributed by atoms with Gasteiger partial charge in [0.15, 0.2) is 0 Å². The number of amides is 2. The molecule has 0 spiro atoms. The minimum absolute atomic E-state index is 0.365. The Morgan fingerprint density at radius 1 is 1.14 bits per heavy atom. The Balaban J connectivity index is 1.65. The normalized spacial score (nSPS) is 12.8. The molecule has 2 aromatic rings. The molecule has 2 N–H and O–H groups in total. The van der Waals surface area contributed by atoms with Crippen molar-refractivity contribution in [3.8, 4) is 0 Å². The van der Waals surface area contributed by atoms with E-state index in [0.717, 1.165) is 15.6 Å². The zero-order valence-corrected chi connectivity index (χ0v) is 13.4. The lowest BCUT2D eigenvalue weighted by Gasteiger charge is -2.08. The molecule has 2 amide bonds. The lowest BCUT2D eigenvalue weighted by molar-refractivity contribution is 0.0842. The van der Waals surface area contributed by atoms with E-state index in [1.54, 1.807) is 36.0 Å². The quantitative estimate of drug-likeness (QED) is 0.800. The average Bonchev–Trinajstić information content (AvgIpc) is 3.09. The van der Waals surface area contributed by atoms with E-state index in [2.05, 4.69) is 26.8 Å². The van der Waals surface area contributed by atoms with Crippen molar-refractivity contribution in [2.45, 2.75) is 13.2 Å². The van der Waals surface area contributed by atoms with Crippen molar-refractivity contribution in [1.29, 1.82) is 0 Å². The van der Waals surface area contributed by atoms with Crippen LogP contribution in [-0.2, 0) is 25.0 Å². The monoisotopic (exact) mass is 363 g/mol. The molecule has 7 heteroatoms. The summed E-state index contributed by atoms with van der Waals surface area (Å²) < 4.78 is 7.77. The van der Waals surface area contributed by atoms with Gasteiger partial charge < -0.3 is 9.30 Å². The molecular weight excluding hydrogens is 350 g/mol. The van der Waals surface area contributed by atoms with Crippen LogP contribution in [0.4, 0.5) is 0 Å². The van der Waals surface area contributed by atoms with E-state index in [0.29, 0.717) is 24.5 Å². The number of aryl methyl sites for hydroxylation is 1. The van der Waals surface area contributed by atoms with Crippen LogP contribution in [0.5, 0.6) is 0 Å². The first-order valence-electron chi connectivity index (χ1n) is 6.66. The second-order valence-corrected chi connectivity index (χ2v) is 5.95. The van der Waals surface area contributed by atoms with Crippen LogP contribution in [0.1, 0.15) is 32.0 Å². The minimum Gasteiger partial charge on any atom is -0.372 e. The van der Waals surface area contributed by atoms with E-state index in [1.807, 2.05) is 6.07 Å². The van der Waals surface area contributed by atoms with Gasteiger partial charge >= 0.3 is 0 Å². The summed E-state index contributed by atoms with van der Waals surface area (Å²) in [5, 5.41) is 0. The molecule has 0 radical (unpaired) electrons. The first kappa shape index (κ1) is 14.8. The summed E-state index contributed by atoms with van der Waals surface area (Å²) in [5.74, 6) is -0.748. The Labute approximate surface area is 135 Å². The summed E-state index contributed by atoms with van der Waals surface area (Å²) in [5.41, 5.74) is 7.84. The Kier molecular flexibility index (Phi) is 4.00. The second-order valence-electron chi connectivity index (χ2n) is 5.04. The third-order valence-electron chi connectivity index (χ3n) is 3.48. The first-order chi connectivity index (χ1) is 10.5. The van der Waals surface area contributed by atoms with Crippen LogP contribution in [0.2, 0.25) is 0 Å². The highest BCUT2D eigenvalue weighted by atomic mass is 79.9. The summed E-state index contributed by atoms with van der Waals surface area (Å²) in [6, 6.07) is 7.04. The van der Waals surface area contributed by atoms with Crippen molar-refractivity contribution in [3.63, 3.8) is 0 Å². The van der Waals surface area contributed by atoms with Gasteiger partial charge in [-0.1, -0.05) is 6.07 Å². The number of hydrogen-bond donors (Lipinski definition) is 2. The number of rotatable bonds is 2. The number of nitrogens with one attached hydrogen (secondary N) is 2. The molecule has 1 aromatic heterocycles. The van der Waals surface area contributed by atoms with Gasteiger partial charge in [-0.2, -0.15) is 0 Å². The van der Waals surface area contributed by atoms with Gasteiger partial charge in [0.1, 0.15) is 5.69 Å². The molecule has 0 saturated carbocycles. The number of benzene rings is 1. The SMILES string of the molecule is Cn1cc(Br)cc1C(=O)NNC(=O)c1ccc2c(c1)COC2. The van der Waals surface area contributed by atoms with E-state index in [9.17, 15) is 9.59 Å². The van der Waals surface area contributed by atoms with Gasteiger partial charge in [0.05, 0.1) is 13.2 Å². The summed E-state index contributed by atoms with van der Waals surface area (Å²) >= 11 is 3.30. The van der Waals surface area contributed by atoms with Crippen molar-refractivity contribution in [2.75, 3.05) is 0 Å². The fraction of sp³-hybridized carbons (Fsp3) is 0.200. The number of carbonyl (C=O) groups excluding carboxylic acids is 2. The smallest absolute Gasteiger partial charge is 0.286 e. The Morgan fingerprint density at radius 2 is 1.86 bits per heavy atom. The molecule has 1 aromatic carbocycles. The first-order valence-corrected chi connectivity index (χ1v) is 7.46. The minimum atomic E-state index is -0.383. The summed E-state index contributed by atoms with van der Waals surface area (Å²) in [6.07, 6.45) is 1.76. The molecule has 6 nitrogen and oxygen atoms in total. The standard InChI is InChI=1S/C15H14BrN3O3/c1-19-6-12(16)5-13(19)15(21)18-17-14(20)9-2-3-10-7-22-8-11(10)4-9/h2-6H,7-8H2,1H3,(H,17,20)(H,18,21).